The Morgan fingerprint density at radius 2 is 1.90 bits per heavy atom. The van der Waals surface area contributed by atoms with Crippen molar-refractivity contribution in [1.29, 1.82) is 0 Å². The fourth-order valence-electron chi connectivity index (χ4n) is 1.91. The Balaban J connectivity index is 2.02. The van der Waals surface area contributed by atoms with Crippen LogP contribution in [0, 0.1) is 0 Å². The van der Waals surface area contributed by atoms with E-state index in [2.05, 4.69) is 22.1 Å². The van der Waals surface area contributed by atoms with E-state index in [9.17, 15) is 0 Å². The summed E-state index contributed by atoms with van der Waals surface area (Å²) in [5.41, 5.74) is 7.48. The van der Waals surface area contributed by atoms with Crippen molar-refractivity contribution in [2.24, 2.45) is 0 Å². The summed E-state index contributed by atoms with van der Waals surface area (Å²) in [7, 11) is 0. The van der Waals surface area contributed by atoms with E-state index in [0.29, 0.717) is 12.5 Å². The van der Waals surface area contributed by atoms with Crippen molar-refractivity contribution in [3.63, 3.8) is 0 Å². The van der Waals surface area contributed by atoms with Crippen LogP contribution in [0.25, 0.3) is 0 Å². The molecule has 5 nitrogen and oxygen atoms in total. The van der Waals surface area contributed by atoms with Gasteiger partial charge in [-0.15, -0.1) is 10.2 Å². The van der Waals surface area contributed by atoms with Gasteiger partial charge in [0, 0.05) is 0 Å². The van der Waals surface area contributed by atoms with Crippen molar-refractivity contribution in [1.82, 2.24) is 15.2 Å². The summed E-state index contributed by atoms with van der Waals surface area (Å²) in [6.45, 7) is 2.63. The summed E-state index contributed by atoms with van der Waals surface area (Å²) < 4.78 is 5.72. The second-order valence-electron chi connectivity index (χ2n) is 4.65. The molecular weight excluding hydrogens is 252 g/mol. The van der Waals surface area contributed by atoms with Gasteiger partial charge in [-0.05, 0) is 18.4 Å². The van der Waals surface area contributed by atoms with E-state index in [-0.39, 0.29) is 5.95 Å². The maximum atomic E-state index is 5.72. The molecule has 0 spiro atoms. The van der Waals surface area contributed by atoms with Gasteiger partial charge in [-0.3, -0.25) is 0 Å². The molecule has 1 aromatic carbocycles. The SMILES string of the molecule is CCCCCc1nc(N)nnc1OCc1ccccc1. The summed E-state index contributed by atoms with van der Waals surface area (Å²) in [5, 5.41) is 7.78. The highest BCUT2D eigenvalue weighted by Crippen LogP contribution is 2.17. The van der Waals surface area contributed by atoms with Gasteiger partial charge >= 0.3 is 0 Å². The number of rotatable bonds is 7. The first-order chi connectivity index (χ1) is 9.79. The van der Waals surface area contributed by atoms with Crippen LogP contribution in [-0.2, 0) is 13.0 Å². The monoisotopic (exact) mass is 272 g/mol. The van der Waals surface area contributed by atoms with E-state index in [1.54, 1.807) is 0 Å². The smallest absolute Gasteiger partial charge is 0.255 e. The number of anilines is 1. The maximum Gasteiger partial charge on any atom is 0.255 e. The van der Waals surface area contributed by atoms with Crippen molar-refractivity contribution >= 4 is 5.95 Å². The van der Waals surface area contributed by atoms with E-state index < -0.39 is 0 Å². The van der Waals surface area contributed by atoms with E-state index >= 15 is 0 Å². The summed E-state index contributed by atoms with van der Waals surface area (Å²) >= 11 is 0. The van der Waals surface area contributed by atoms with Crippen LogP contribution in [0.5, 0.6) is 5.88 Å². The van der Waals surface area contributed by atoms with Crippen LogP contribution in [0.1, 0.15) is 37.4 Å². The third-order valence-electron chi connectivity index (χ3n) is 2.98. The number of aryl methyl sites for hydroxylation is 1. The number of unbranched alkanes of at least 4 members (excludes halogenated alkanes) is 2. The molecule has 2 N–H and O–H groups in total. The lowest BCUT2D eigenvalue weighted by molar-refractivity contribution is 0.284. The van der Waals surface area contributed by atoms with Gasteiger partial charge in [-0.2, -0.15) is 0 Å². The van der Waals surface area contributed by atoms with Crippen molar-refractivity contribution in [3.8, 4) is 5.88 Å². The molecule has 0 aliphatic carbocycles. The average molecular weight is 272 g/mol. The van der Waals surface area contributed by atoms with Crippen LogP contribution in [0.15, 0.2) is 30.3 Å². The Bertz CT molecular complexity index is 531. The maximum absolute atomic E-state index is 5.72. The zero-order valence-electron chi connectivity index (χ0n) is 11.7. The third kappa shape index (κ3) is 4.19. The van der Waals surface area contributed by atoms with Crippen molar-refractivity contribution in [3.05, 3.63) is 41.6 Å². The van der Waals surface area contributed by atoms with Gasteiger partial charge in [0.25, 0.3) is 5.88 Å². The molecule has 1 heterocycles. The van der Waals surface area contributed by atoms with Crippen LogP contribution in [-0.4, -0.2) is 15.2 Å². The average Bonchev–Trinajstić information content (AvgIpc) is 2.48. The topological polar surface area (TPSA) is 73.9 Å². The fraction of sp³-hybridized carbons (Fsp3) is 0.400. The molecule has 106 valence electrons. The molecule has 2 aromatic rings. The second-order valence-corrected chi connectivity index (χ2v) is 4.65. The molecular formula is C15H20N4O. The summed E-state index contributed by atoms with van der Waals surface area (Å²) in [6, 6.07) is 9.95. The Kier molecular flexibility index (Phi) is 5.29. The van der Waals surface area contributed by atoms with Gasteiger partial charge in [0.1, 0.15) is 12.3 Å². The van der Waals surface area contributed by atoms with Gasteiger partial charge < -0.3 is 10.5 Å². The Hall–Kier alpha value is -2.17. The first kappa shape index (κ1) is 14.2. The Morgan fingerprint density at radius 3 is 2.65 bits per heavy atom. The van der Waals surface area contributed by atoms with Crippen molar-refractivity contribution < 1.29 is 4.74 Å². The summed E-state index contributed by atoms with van der Waals surface area (Å²) in [6.07, 6.45) is 4.18. The standard InChI is InChI=1S/C15H20N4O/c1-2-3-5-10-13-14(18-19-15(16)17-13)20-11-12-8-6-4-7-9-12/h4,6-9H,2-3,5,10-11H2,1H3,(H2,16,17,19). The molecule has 1 aromatic heterocycles. The van der Waals surface area contributed by atoms with Gasteiger partial charge in [0.05, 0.1) is 0 Å². The normalized spacial score (nSPS) is 10.4. The number of nitrogen functional groups attached to an aromatic ring is 1. The second kappa shape index (κ2) is 7.43. The van der Waals surface area contributed by atoms with Gasteiger partial charge in [-0.1, -0.05) is 50.1 Å². The molecule has 20 heavy (non-hydrogen) atoms. The predicted octanol–water partition coefficient (Wildman–Crippen LogP) is 2.77. The van der Waals surface area contributed by atoms with Crippen LogP contribution in [0.3, 0.4) is 0 Å². The first-order valence-corrected chi connectivity index (χ1v) is 6.95. The molecule has 2 rings (SSSR count). The number of nitrogens with two attached hydrogens (primary N) is 1. The molecule has 0 radical (unpaired) electrons. The molecule has 0 atom stereocenters. The van der Waals surface area contributed by atoms with Crippen molar-refractivity contribution in [2.75, 3.05) is 5.73 Å². The molecule has 5 heteroatoms. The minimum Gasteiger partial charge on any atom is -0.470 e. The molecule has 0 aliphatic heterocycles. The minimum atomic E-state index is 0.198. The highest BCUT2D eigenvalue weighted by Gasteiger charge is 2.09. The number of ether oxygens (including phenoxy) is 1. The number of hydrogen-bond donors (Lipinski definition) is 1. The van der Waals surface area contributed by atoms with E-state index in [1.165, 1.54) is 0 Å². The lowest BCUT2D eigenvalue weighted by atomic mass is 10.1. The number of benzene rings is 1. The number of nitrogens with zero attached hydrogens (tertiary/aromatic N) is 3. The van der Waals surface area contributed by atoms with E-state index in [4.69, 9.17) is 10.5 Å². The summed E-state index contributed by atoms with van der Waals surface area (Å²) in [4.78, 5) is 4.24. The van der Waals surface area contributed by atoms with Crippen LogP contribution in [0.2, 0.25) is 0 Å². The quantitative estimate of drug-likeness (QED) is 0.784. The lowest BCUT2D eigenvalue weighted by Crippen LogP contribution is -2.07. The Morgan fingerprint density at radius 1 is 1.10 bits per heavy atom. The number of hydrogen-bond acceptors (Lipinski definition) is 5. The van der Waals surface area contributed by atoms with Gasteiger partial charge in [-0.25, -0.2) is 4.98 Å². The molecule has 0 amide bonds. The highest BCUT2D eigenvalue weighted by atomic mass is 16.5. The first-order valence-electron chi connectivity index (χ1n) is 6.95. The lowest BCUT2D eigenvalue weighted by Gasteiger charge is -2.09. The van der Waals surface area contributed by atoms with Crippen LogP contribution < -0.4 is 10.5 Å². The zero-order valence-corrected chi connectivity index (χ0v) is 11.7. The van der Waals surface area contributed by atoms with Crippen LogP contribution >= 0.6 is 0 Å². The third-order valence-corrected chi connectivity index (χ3v) is 2.98. The van der Waals surface area contributed by atoms with Gasteiger partial charge in [0.15, 0.2) is 0 Å². The summed E-state index contributed by atoms with van der Waals surface area (Å²) in [5.74, 6) is 0.683. The molecule has 0 fully saturated rings. The molecule has 0 saturated heterocycles. The predicted molar refractivity (Wildman–Crippen MR) is 78.2 cm³/mol. The van der Waals surface area contributed by atoms with Crippen molar-refractivity contribution in [2.45, 2.75) is 39.2 Å². The highest BCUT2D eigenvalue weighted by molar-refractivity contribution is 5.24. The molecule has 0 saturated carbocycles. The minimum absolute atomic E-state index is 0.198. The number of aromatic nitrogens is 3. The largest absolute Gasteiger partial charge is 0.470 e. The van der Waals surface area contributed by atoms with Crippen LogP contribution in [0.4, 0.5) is 5.95 Å². The molecule has 0 bridgehead atoms. The Labute approximate surface area is 119 Å². The van der Waals surface area contributed by atoms with E-state index in [0.717, 1.165) is 36.9 Å². The molecule has 0 unspecified atom stereocenters. The molecule has 0 aliphatic rings. The van der Waals surface area contributed by atoms with Gasteiger partial charge in [0.2, 0.25) is 5.95 Å². The van der Waals surface area contributed by atoms with E-state index in [1.807, 2.05) is 30.3 Å². The zero-order chi connectivity index (χ0) is 14.2. The fourth-order valence-corrected chi connectivity index (χ4v) is 1.91.